The highest BCUT2D eigenvalue weighted by Gasteiger charge is 2.04. The lowest BCUT2D eigenvalue weighted by Crippen LogP contribution is -2.36. The molecule has 0 amide bonds. The summed E-state index contributed by atoms with van der Waals surface area (Å²) in [7, 11) is 4.85. The predicted molar refractivity (Wildman–Crippen MR) is 79.3 cm³/mol. The van der Waals surface area contributed by atoms with E-state index in [4.69, 9.17) is 20.1 Å². The standard InChI is InChI=1S/C13H22N4O3/c1-18-6-4-5-15-13(17-14)16-10-7-11(19-2)9-12(8-10)20-3/h7-9H,4-6,14H2,1-3H3,(H2,15,16,17). The van der Waals surface area contributed by atoms with Gasteiger partial charge in [0.1, 0.15) is 11.5 Å². The minimum absolute atomic E-state index is 0.469. The van der Waals surface area contributed by atoms with Crippen molar-refractivity contribution in [1.82, 2.24) is 5.43 Å². The molecular formula is C13H22N4O3. The van der Waals surface area contributed by atoms with Gasteiger partial charge in [-0.15, -0.1) is 0 Å². The normalized spacial score (nSPS) is 11.1. The molecule has 0 aromatic heterocycles. The topological polar surface area (TPSA) is 90.1 Å². The van der Waals surface area contributed by atoms with Gasteiger partial charge >= 0.3 is 0 Å². The first kappa shape index (κ1) is 16.1. The number of hydrogen-bond acceptors (Lipinski definition) is 5. The molecule has 1 aromatic carbocycles. The van der Waals surface area contributed by atoms with Gasteiger partial charge in [-0.2, -0.15) is 0 Å². The summed E-state index contributed by atoms with van der Waals surface area (Å²) >= 11 is 0. The monoisotopic (exact) mass is 282 g/mol. The van der Waals surface area contributed by atoms with Crippen LogP contribution in [0.15, 0.2) is 23.2 Å². The maximum atomic E-state index is 5.44. The highest BCUT2D eigenvalue weighted by molar-refractivity contribution is 5.93. The lowest BCUT2D eigenvalue weighted by molar-refractivity contribution is 0.197. The van der Waals surface area contributed by atoms with Crippen LogP contribution < -0.4 is 26.1 Å². The summed E-state index contributed by atoms with van der Waals surface area (Å²) in [4.78, 5) is 4.29. The molecule has 20 heavy (non-hydrogen) atoms. The quantitative estimate of drug-likeness (QED) is 0.227. The second kappa shape index (κ2) is 9.00. The van der Waals surface area contributed by atoms with E-state index in [1.54, 1.807) is 27.4 Å². The molecule has 0 aliphatic rings. The van der Waals surface area contributed by atoms with Gasteiger partial charge in [0.2, 0.25) is 5.96 Å². The third-order valence-corrected chi connectivity index (χ3v) is 2.53. The maximum absolute atomic E-state index is 5.44. The van der Waals surface area contributed by atoms with Crippen molar-refractivity contribution in [3.8, 4) is 11.5 Å². The minimum Gasteiger partial charge on any atom is -0.497 e. The van der Waals surface area contributed by atoms with Crippen molar-refractivity contribution < 1.29 is 14.2 Å². The summed E-state index contributed by atoms with van der Waals surface area (Å²) in [5.74, 6) is 7.27. The van der Waals surface area contributed by atoms with Crippen LogP contribution in [-0.4, -0.2) is 40.4 Å². The fourth-order valence-corrected chi connectivity index (χ4v) is 1.54. The molecule has 0 aliphatic heterocycles. The number of methoxy groups -OCH3 is 3. The summed E-state index contributed by atoms with van der Waals surface area (Å²) in [5, 5.41) is 3.07. The molecule has 0 aliphatic carbocycles. The number of benzene rings is 1. The molecule has 0 spiro atoms. The van der Waals surface area contributed by atoms with E-state index >= 15 is 0 Å². The Labute approximate surface area is 119 Å². The Balaban J connectivity index is 2.73. The van der Waals surface area contributed by atoms with Gasteiger partial charge in [-0.05, 0) is 6.42 Å². The number of aliphatic imine (C=N–C) groups is 1. The van der Waals surface area contributed by atoms with Gasteiger partial charge in [0, 0.05) is 44.1 Å². The Bertz CT molecular complexity index is 415. The van der Waals surface area contributed by atoms with Gasteiger partial charge in [-0.3, -0.25) is 10.4 Å². The van der Waals surface area contributed by atoms with Gasteiger partial charge in [0.15, 0.2) is 0 Å². The molecule has 0 unspecified atom stereocenters. The molecule has 0 fully saturated rings. The van der Waals surface area contributed by atoms with Crippen LogP contribution in [0, 0.1) is 0 Å². The molecule has 0 atom stereocenters. The van der Waals surface area contributed by atoms with Crippen LogP contribution in [0.4, 0.5) is 5.69 Å². The van der Waals surface area contributed by atoms with E-state index in [2.05, 4.69) is 15.7 Å². The molecule has 0 radical (unpaired) electrons. The smallest absolute Gasteiger partial charge is 0.210 e. The fourth-order valence-electron chi connectivity index (χ4n) is 1.54. The first-order chi connectivity index (χ1) is 9.73. The van der Waals surface area contributed by atoms with Crippen molar-refractivity contribution in [2.24, 2.45) is 10.8 Å². The zero-order chi connectivity index (χ0) is 14.8. The molecule has 0 heterocycles. The Morgan fingerprint density at radius 3 is 2.30 bits per heavy atom. The maximum Gasteiger partial charge on any atom is 0.210 e. The molecule has 1 aromatic rings. The lowest BCUT2D eigenvalue weighted by Gasteiger charge is -2.12. The second-order valence-electron chi connectivity index (χ2n) is 3.95. The van der Waals surface area contributed by atoms with E-state index < -0.39 is 0 Å². The number of nitrogens with one attached hydrogen (secondary N) is 2. The average Bonchev–Trinajstić information content (AvgIpc) is 2.49. The summed E-state index contributed by atoms with van der Waals surface area (Å²) in [6.07, 6.45) is 0.824. The zero-order valence-corrected chi connectivity index (χ0v) is 12.1. The fraction of sp³-hybridized carbons (Fsp3) is 0.462. The molecule has 0 bridgehead atoms. The third kappa shape index (κ3) is 5.33. The van der Waals surface area contributed by atoms with Gasteiger partial charge in [-0.1, -0.05) is 0 Å². The molecule has 112 valence electrons. The van der Waals surface area contributed by atoms with Crippen LogP contribution in [0.3, 0.4) is 0 Å². The number of anilines is 1. The van der Waals surface area contributed by atoms with E-state index in [1.807, 2.05) is 12.1 Å². The number of nitrogens with two attached hydrogens (primary N) is 1. The SMILES string of the molecule is COCCCN=C(NN)Nc1cc(OC)cc(OC)c1. The lowest BCUT2D eigenvalue weighted by atomic mass is 10.3. The third-order valence-electron chi connectivity index (χ3n) is 2.53. The van der Waals surface area contributed by atoms with Crippen LogP contribution in [-0.2, 0) is 4.74 Å². The molecule has 4 N–H and O–H groups in total. The van der Waals surface area contributed by atoms with Crippen LogP contribution in [0.25, 0.3) is 0 Å². The van der Waals surface area contributed by atoms with Crippen molar-refractivity contribution in [2.45, 2.75) is 6.42 Å². The molecular weight excluding hydrogens is 260 g/mol. The Morgan fingerprint density at radius 2 is 1.80 bits per heavy atom. The van der Waals surface area contributed by atoms with Crippen molar-refractivity contribution >= 4 is 11.6 Å². The Morgan fingerprint density at radius 1 is 1.15 bits per heavy atom. The van der Waals surface area contributed by atoms with Gasteiger partial charge in [0.25, 0.3) is 0 Å². The van der Waals surface area contributed by atoms with Gasteiger partial charge in [0.05, 0.1) is 14.2 Å². The Hall–Kier alpha value is -1.99. The predicted octanol–water partition coefficient (Wildman–Crippen LogP) is 0.972. The van der Waals surface area contributed by atoms with E-state index in [0.717, 1.165) is 12.1 Å². The number of hydrogen-bond donors (Lipinski definition) is 3. The highest BCUT2D eigenvalue weighted by atomic mass is 16.5. The van der Waals surface area contributed by atoms with Crippen molar-refractivity contribution in [1.29, 1.82) is 0 Å². The highest BCUT2D eigenvalue weighted by Crippen LogP contribution is 2.25. The number of guanidine groups is 1. The van der Waals surface area contributed by atoms with Crippen molar-refractivity contribution in [3.63, 3.8) is 0 Å². The average molecular weight is 282 g/mol. The first-order valence-corrected chi connectivity index (χ1v) is 6.23. The summed E-state index contributed by atoms with van der Waals surface area (Å²) < 4.78 is 15.4. The van der Waals surface area contributed by atoms with E-state index in [9.17, 15) is 0 Å². The molecule has 0 saturated heterocycles. The molecule has 1 rings (SSSR count). The van der Waals surface area contributed by atoms with Crippen LogP contribution >= 0.6 is 0 Å². The summed E-state index contributed by atoms with van der Waals surface area (Å²) in [6.45, 7) is 1.27. The van der Waals surface area contributed by atoms with Gasteiger partial charge < -0.3 is 19.5 Å². The minimum atomic E-state index is 0.469. The molecule has 7 heteroatoms. The number of nitrogens with zero attached hydrogens (tertiary/aromatic N) is 1. The van der Waals surface area contributed by atoms with Crippen molar-refractivity contribution in [2.75, 3.05) is 39.8 Å². The van der Waals surface area contributed by atoms with Gasteiger partial charge in [-0.25, -0.2) is 5.84 Å². The molecule has 0 saturated carbocycles. The summed E-state index contributed by atoms with van der Waals surface area (Å²) in [6, 6.07) is 5.44. The van der Waals surface area contributed by atoms with E-state index in [0.29, 0.717) is 30.6 Å². The van der Waals surface area contributed by atoms with Crippen LogP contribution in [0.1, 0.15) is 6.42 Å². The summed E-state index contributed by atoms with van der Waals surface area (Å²) in [5.41, 5.74) is 3.29. The second-order valence-corrected chi connectivity index (χ2v) is 3.95. The molecule has 7 nitrogen and oxygen atoms in total. The number of ether oxygens (including phenoxy) is 3. The zero-order valence-electron chi connectivity index (χ0n) is 12.1. The number of rotatable bonds is 7. The first-order valence-electron chi connectivity index (χ1n) is 6.23. The Kier molecular flexibility index (Phi) is 7.23. The number of hydrazine groups is 1. The van der Waals surface area contributed by atoms with E-state index in [-0.39, 0.29) is 0 Å². The van der Waals surface area contributed by atoms with Crippen molar-refractivity contribution in [3.05, 3.63) is 18.2 Å². The van der Waals surface area contributed by atoms with Crippen LogP contribution in [0.5, 0.6) is 11.5 Å². The van der Waals surface area contributed by atoms with Crippen LogP contribution in [0.2, 0.25) is 0 Å². The largest absolute Gasteiger partial charge is 0.497 e. The van der Waals surface area contributed by atoms with E-state index in [1.165, 1.54) is 0 Å².